The van der Waals surface area contributed by atoms with Crippen LogP contribution >= 0.6 is 0 Å². The molecular weight excluding hydrogens is 245 g/mol. The number of aromatic nitrogens is 1. The van der Waals surface area contributed by atoms with Gasteiger partial charge in [0.25, 0.3) is 5.91 Å². The van der Waals surface area contributed by atoms with Crippen molar-refractivity contribution in [2.75, 3.05) is 5.73 Å². The molecule has 0 aliphatic heterocycles. The molecule has 0 fully saturated rings. The van der Waals surface area contributed by atoms with Crippen LogP contribution < -0.4 is 11.1 Å². The van der Waals surface area contributed by atoms with E-state index in [-0.39, 0.29) is 11.3 Å². The number of amides is 1. The molecule has 4 nitrogen and oxygen atoms in total. The molecule has 19 heavy (non-hydrogen) atoms. The highest BCUT2D eigenvalue weighted by Gasteiger charge is 2.12. The number of anilines is 1. The molecule has 0 saturated heterocycles. The molecular formula is C14H14FN3O. The number of para-hydroxylation sites is 1. The van der Waals surface area contributed by atoms with E-state index in [1.165, 1.54) is 18.2 Å². The Bertz CT molecular complexity index is 613. The van der Waals surface area contributed by atoms with E-state index in [0.29, 0.717) is 6.54 Å². The van der Waals surface area contributed by atoms with Crippen molar-refractivity contribution in [2.45, 2.75) is 13.5 Å². The van der Waals surface area contributed by atoms with E-state index in [1.807, 2.05) is 13.0 Å². The van der Waals surface area contributed by atoms with Crippen molar-refractivity contribution in [3.8, 4) is 0 Å². The van der Waals surface area contributed by atoms with Gasteiger partial charge in [-0.05, 0) is 36.2 Å². The third-order valence-electron chi connectivity index (χ3n) is 2.88. The SMILES string of the molecule is Cc1ccncc1CNC(=O)c1cccc(F)c1N. The van der Waals surface area contributed by atoms with Gasteiger partial charge in [0.05, 0.1) is 11.3 Å². The second kappa shape index (κ2) is 5.48. The van der Waals surface area contributed by atoms with Crippen molar-refractivity contribution in [1.82, 2.24) is 10.3 Å². The van der Waals surface area contributed by atoms with E-state index in [0.717, 1.165) is 11.1 Å². The number of carbonyl (C=O) groups is 1. The molecule has 0 spiro atoms. The Labute approximate surface area is 110 Å². The zero-order valence-corrected chi connectivity index (χ0v) is 10.5. The lowest BCUT2D eigenvalue weighted by molar-refractivity contribution is 0.0951. The van der Waals surface area contributed by atoms with Crippen LogP contribution in [0.3, 0.4) is 0 Å². The maximum Gasteiger partial charge on any atom is 0.253 e. The molecule has 1 amide bonds. The minimum Gasteiger partial charge on any atom is -0.396 e. The molecule has 0 saturated carbocycles. The van der Waals surface area contributed by atoms with E-state index >= 15 is 0 Å². The second-order valence-electron chi connectivity index (χ2n) is 4.19. The van der Waals surface area contributed by atoms with Crippen molar-refractivity contribution in [3.05, 3.63) is 59.2 Å². The summed E-state index contributed by atoms with van der Waals surface area (Å²) < 4.78 is 13.3. The first-order valence-electron chi connectivity index (χ1n) is 5.81. The number of hydrogen-bond acceptors (Lipinski definition) is 3. The Kier molecular flexibility index (Phi) is 3.75. The van der Waals surface area contributed by atoms with Gasteiger partial charge in [0, 0.05) is 18.9 Å². The lowest BCUT2D eigenvalue weighted by atomic mass is 10.1. The number of nitrogens with zero attached hydrogens (tertiary/aromatic N) is 1. The Morgan fingerprint density at radius 3 is 2.95 bits per heavy atom. The van der Waals surface area contributed by atoms with Gasteiger partial charge in [-0.1, -0.05) is 6.07 Å². The van der Waals surface area contributed by atoms with Crippen LogP contribution in [0.5, 0.6) is 0 Å². The van der Waals surface area contributed by atoms with Gasteiger partial charge in [-0.15, -0.1) is 0 Å². The Morgan fingerprint density at radius 2 is 2.21 bits per heavy atom. The molecule has 0 bridgehead atoms. The highest BCUT2D eigenvalue weighted by molar-refractivity contribution is 5.99. The van der Waals surface area contributed by atoms with Crippen molar-refractivity contribution in [2.24, 2.45) is 0 Å². The van der Waals surface area contributed by atoms with E-state index in [2.05, 4.69) is 10.3 Å². The molecule has 5 heteroatoms. The Morgan fingerprint density at radius 1 is 1.42 bits per heavy atom. The highest BCUT2D eigenvalue weighted by atomic mass is 19.1. The smallest absolute Gasteiger partial charge is 0.253 e. The zero-order chi connectivity index (χ0) is 13.8. The van der Waals surface area contributed by atoms with Gasteiger partial charge in [0.15, 0.2) is 0 Å². The number of aryl methyl sites for hydroxylation is 1. The summed E-state index contributed by atoms with van der Waals surface area (Å²) in [4.78, 5) is 15.9. The minimum atomic E-state index is -0.592. The van der Waals surface area contributed by atoms with Crippen LogP contribution in [-0.2, 0) is 6.54 Å². The van der Waals surface area contributed by atoms with Crippen LogP contribution in [0.1, 0.15) is 21.5 Å². The number of carbonyl (C=O) groups excluding carboxylic acids is 1. The summed E-state index contributed by atoms with van der Waals surface area (Å²) in [6, 6.07) is 6.02. The molecule has 98 valence electrons. The number of pyridine rings is 1. The fraction of sp³-hybridized carbons (Fsp3) is 0.143. The van der Waals surface area contributed by atoms with E-state index < -0.39 is 11.7 Å². The fourth-order valence-electron chi connectivity index (χ4n) is 1.69. The first kappa shape index (κ1) is 13.0. The van der Waals surface area contributed by atoms with Crippen molar-refractivity contribution >= 4 is 11.6 Å². The van der Waals surface area contributed by atoms with Crippen LogP contribution in [0.2, 0.25) is 0 Å². The first-order chi connectivity index (χ1) is 9.09. The van der Waals surface area contributed by atoms with Gasteiger partial charge in [0.1, 0.15) is 5.82 Å². The van der Waals surface area contributed by atoms with Crippen molar-refractivity contribution in [1.29, 1.82) is 0 Å². The third kappa shape index (κ3) is 2.88. The molecule has 1 heterocycles. The monoisotopic (exact) mass is 259 g/mol. The summed E-state index contributed by atoms with van der Waals surface area (Å²) in [7, 11) is 0. The quantitative estimate of drug-likeness (QED) is 0.829. The second-order valence-corrected chi connectivity index (χ2v) is 4.19. The highest BCUT2D eigenvalue weighted by Crippen LogP contribution is 2.15. The largest absolute Gasteiger partial charge is 0.396 e. The number of halogens is 1. The van der Waals surface area contributed by atoms with Crippen molar-refractivity contribution in [3.63, 3.8) is 0 Å². The van der Waals surface area contributed by atoms with Gasteiger partial charge in [0.2, 0.25) is 0 Å². The third-order valence-corrected chi connectivity index (χ3v) is 2.88. The van der Waals surface area contributed by atoms with Crippen LogP contribution in [0, 0.1) is 12.7 Å². The average Bonchev–Trinajstić information content (AvgIpc) is 2.40. The van der Waals surface area contributed by atoms with E-state index in [9.17, 15) is 9.18 Å². The number of rotatable bonds is 3. The summed E-state index contributed by atoms with van der Waals surface area (Å²) in [6.07, 6.45) is 3.37. The van der Waals surface area contributed by atoms with Crippen LogP contribution in [-0.4, -0.2) is 10.9 Å². The number of nitrogens with one attached hydrogen (secondary N) is 1. The molecule has 0 atom stereocenters. The summed E-state index contributed by atoms with van der Waals surface area (Å²) in [5, 5.41) is 2.70. The first-order valence-corrected chi connectivity index (χ1v) is 5.81. The lowest BCUT2D eigenvalue weighted by Gasteiger charge is -2.09. The van der Waals surface area contributed by atoms with Gasteiger partial charge >= 0.3 is 0 Å². The van der Waals surface area contributed by atoms with E-state index in [1.54, 1.807) is 12.4 Å². The maximum absolute atomic E-state index is 13.3. The number of nitrogen functional groups attached to an aromatic ring is 1. The van der Waals surface area contributed by atoms with Gasteiger partial charge in [-0.25, -0.2) is 4.39 Å². The number of hydrogen-bond donors (Lipinski definition) is 2. The molecule has 0 radical (unpaired) electrons. The molecule has 0 aliphatic carbocycles. The summed E-state index contributed by atoms with van der Waals surface area (Å²) in [6.45, 7) is 2.26. The predicted octanol–water partition coefficient (Wildman–Crippen LogP) is 2.04. The van der Waals surface area contributed by atoms with Gasteiger partial charge in [-0.2, -0.15) is 0 Å². The van der Waals surface area contributed by atoms with Gasteiger partial charge in [-0.3, -0.25) is 9.78 Å². The average molecular weight is 259 g/mol. The number of benzene rings is 1. The Hall–Kier alpha value is -2.43. The van der Waals surface area contributed by atoms with E-state index in [4.69, 9.17) is 5.73 Å². The topological polar surface area (TPSA) is 68.0 Å². The van der Waals surface area contributed by atoms with Crippen LogP contribution in [0.15, 0.2) is 36.7 Å². The fourth-order valence-corrected chi connectivity index (χ4v) is 1.69. The summed E-state index contributed by atoms with van der Waals surface area (Å²) >= 11 is 0. The van der Waals surface area contributed by atoms with Crippen LogP contribution in [0.4, 0.5) is 10.1 Å². The lowest BCUT2D eigenvalue weighted by Crippen LogP contribution is -2.24. The van der Waals surface area contributed by atoms with Crippen molar-refractivity contribution < 1.29 is 9.18 Å². The Balaban J connectivity index is 2.10. The molecule has 2 aromatic rings. The van der Waals surface area contributed by atoms with Crippen LogP contribution in [0.25, 0.3) is 0 Å². The molecule has 0 unspecified atom stereocenters. The number of nitrogens with two attached hydrogens (primary N) is 1. The predicted molar refractivity (Wildman–Crippen MR) is 71.0 cm³/mol. The standard InChI is InChI=1S/C14H14FN3O/c1-9-5-6-17-7-10(9)8-18-14(19)11-3-2-4-12(15)13(11)16/h2-7H,8,16H2,1H3,(H,18,19). The summed E-state index contributed by atoms with van der Waals surface area (Å²) in [5.41, 5.74) is 7.48. The molecule has 0 aliphatic rings. The molecule has 1 aromatic heterocycles. The molecule has 1 aromatic carbocycles. The van der Waals surface area contributed by atoms with Gasteiger partial charge < -0.3 is 11.1 Å². The normalized spacial score (nSPS) is 10.2. The molecule has 2 rings (SSSR count). The summed E-state index contributed by atoms with van der Waals surface area (Å²) in [5.74, 6) is -0.995. The maximum atomic E-state index is 13.3. The zero-order valence-electron chi connectivity index (χ0n) is 10.5. The minimum absolute atomic E-state index is 0.136. The molecule has 3 N–H and O–H groups in total.